The van der Waals surface area contributed by atoms with Gasteiger partial charge in [0.25, 0.3) is 0 Å². The highest BCUT2D eigenvalue weighted by molar-refractivity contribution is 5.83. The first-order chi connectivity index (χ1) is 11.6. The monoisotopic (exact) mass is 335 g/mol. The lowest BCUT2D eigenvalue weighted by atomic mass is 10.1. The third-order valence-corrected chi connectivity index (χ3v) is 5.62. The Hall–Kier alpha value is -1.53. The van der Waals surface area contributed by atoms with Crippen LogP contribution in [0.25, 0.3) is 0 Å². The maximum Gasteiger partial charge on any atom is 0.226 e. The number of likely N-dealkylation sites (tertiary alicyclic amines) is 1. The molecule has 2 heterocycles. The van der Waals surface area contributed by atoms with Crippen molar-refractivity contribution in [3.8, 4) is 0 Å². The van der Waals surface area contributed by atoms with Gasteiger partial charge in [-0.25, -0.2) is 8.78 Å². The molecule has 4 nitrogen and oxygen atoms in total. The van der Waals surface area contributed by atoms with Crippen LogP contribution < -0.4 is 5.32 Å². The van der Waals surface area contributed by atoms with Crippen LogP contribution in [0.1, 0.15) is 24.3 Å². The summed E-state index contributed by atoms with van der Waals surface area (Å²) in [5.74, 6) is -1.54. The summed E-state index contributed by atoms with van der Waals surface area (Å²) in [7, 11) is 0. The summed E-state index contributed by atoms with van der Waals surface area (Å²) in [5.41, 5.74) is 0.0914. The van der Waals surface area contributed by atoms with E-state index in [2.05, 4.69) is 10.2 Å². The SMILES string of the molecule is O=C(C1CC1c1c(F)cccc1F)N1CCC(N2CCNCC2)C1. The maximum atomic E-state index is 13.9. The van der Waals surface area contributed by atoms with Crippen molar-refractivity contribution in [2.24, 2.45) is 5.92 Å². The van der Waals surface area contributed by atoms with Gasteiger partial charge in [0.2, 0.25) is 5.91 Å². The summed E-state index contributed by atoms with van der Waals surface area (Å²) in [6, 6.07) is 4.34. The van der Waals surface area contributed by atoms with Gasteiger partial charge in [0, 0.05) is 62.7 Å². The van der Waals surface area contributed by atoms with Gasteiger partial charge in [0.1, 0.15) is 11.6 Å². The summed E-state index contributed by atoms with van der Waals surface area (Å²) in [5, 5.41) is 3.34. The molecule has 24 heavy (non-hydrogen) atoms. The van der Waals surface area contributed by atoms with Crippen LogP contribution in [-0.2, 0) is 4.79 Å². The maximum absolute atomic E-state index is 13.9. The van der Waals surface area contributed by atoms with Gasteiger partial charge in [-0.1, -0.05) is 6.07 Å². The standard InChI is InChI=1S/C18H23F2N3O/c19-15-2-1-3-16(20)17(15)13-10-14(13)18(24)23-7-4-12(11-23)22-8-5-21-6-9-22/h1-3,12-14,21H,4-11H2. The number of piperazine rings is 1. The molecule has 2 saturated heterocycles. The summed E-state index contributed by atoms with van der Waals surface area (Å²) in [6.07, 6.45) is 1.56. The van der Waals surface area contributed by atoms with E-state index in [-0.39, 0.29) is 23.3 Å². The van der Waals surface area contributed by atoms with Crippen molar-refractivity contribution in [1.29, 1.82) is 0 Å². The van der Waals surface area contributed by atoms with Gasteiger partial charge in [-0.2, -0.15) is 0 Å². The van der Waals surface area contributed by atoms with E-state index in [1.807, 2.05) is 4.90 Å². The Morgan fingerprint density at radius 2 is 1.83 bits per heavy atom. The quantitative estimate of drug-likeness (QED) is 0.911. The highest BCUT2D eigenvalue weighted by Crippen LogP contribution is 2.50. The number of amides is 1. The van der Waals surface area contributed by atoms with Gasteiger partial charge in [0.05, 0.1) is 0 Å². The molecule has 1 saturated carbocycles. The van der Waals surface area contributed by atoms with Gasteiger partial charge >= 0.3 is 0 Å². The zero-order valence-electron chi connectivity index (χ0n) is 13.7. The van der Waals surface area contributed by atoms with Crippen LogP contribution >= 0.6 is 0 Å². The number of hydrogen-bond acceptors (Lipinski definition) is 3. The number of carbonyl (C=O) groups is 1. The highest BCUT2D eigenvalue weighted by atomic mass is 19.1. The molecule has 0 radical (unpaired) electrons. The molecule has 130 valence electrons. The first-order valence-corrected chi connectivity index (χ1v) is 8.82. The normalized spacial score (nSPS) is 30.6. The minimum absolute atomic E-state index is 0.0697. The first-order valence-electron chi connectivity index (χ1n) is 8.82. The van der Waals surface area contributed by atoms with E-state index in [0.717, 1.165) is 45.7 Å². The predicted octanol–water partition coefficient (Wildman–Crippen LogP) is 1.57. The Balaban J connectivity index is 1.38. The molecule has 3 aliphatic rings. The van der Waals surface area contributed by atoms with Crippen molar-refractivity contribution < 1.29 is 13.6 Å². The molecule has 1 aliphatic carbocycles. The van der Waals surface area contributed by atoms with Crippen LogP contribution in [0.3, 0.4) is 0 Å². The predicted molar refractivity (Wildman–Crippen MR) is 86.6 cm³/mol. The molecule has 1 amide bonds. The Labute approximate surface area is 140 Å². The van der Waals surface area contributed by atoms with E-state index in [9.17, 15) is 13.6 Å². The summed E-state index contributed by atoms with van der Waals surface area (Å²) in [4.78, 5) is 17.0. The van der Waals surface area contributed by atoms with E-state index in [1.54, 1.807) is 0 Å². The fourth-order valence-corrected chi connectivity index (χ4v) is 4.17. The lowest BCUT2D eigenvalue weighted by Crippen LogP contribution is -2.49. The smallest absolute Gasteiger partial charge is 0.226 e. The number of nitrogens with zero attached hydrogens (tertiary/aromatic N) is 2. The summed E-state index contributed by atoms with van der Waals surface area (Å²) >= 11 is 0. The minimum Gasteiger partial charge on any atom is -0.341 e. The molecule has 0 spiro atoms. The van der Waals surface area contributed by atoms with Gasteiger partial charge in [-0.05, 0) is 25.0 Å². The van der Waals surface area contributed by atoms with E-state index in [0.29, 0.717) is 12.5 Å². The Morgan fingerprint density at radius 1 is 1.12 bits per heavy atom. The molecule has 0 bridgehead atoms. The Bertz CT molecular complexity index is 612. The number of benzene rings is 1. The van der Waals surface area contributed by atoms with Crippen molar-refractivity contribution in [2.45, 2.75) is 24.8 Å². The fraction of sp³-hybridized carbons (Fsp3) is 0.611. The average Bonchev–Trinajstić information content (AvgIpc) is 3.20. The molecule has 1 aromatic rings. The number of rotatable bonds is 3. The Kier molecular flexibility index (Phi) is 4.26. The molecule has 2 aliphatic heterocycles. The van der Waals surface area contributed by atoms with Crippen LogP contribution in [0.2, 0.25) is 0 Å². The molecule has 3 unspecified atom stereocenters. The third kappa shape index (κ3) is 2.93. The molecule has 3 fully saturated rings. The van der Waals surface area contributed by atoms with E-state index in [4.69, 9.17) is 0 Å². The van der Waals surface area contributed by atoms with Crippen LogP contribution in [0.15, 0.2) is 18.2 Å². The summed E-state index contributed by atoms with van der Waals surface area (Å²) < 4.78 is 27.8. The van der Waals surface area contributed by atoms with Crippen LogP contribution in [0.4, 0.5) is 8.78 Å². The highest BCUT2D eigenvalue weighted by Gasteiger charge is 2.49. The van der Waals surface area contributed by atoms with E-state index >= 15 is 0 Å². The molecule has 6 heteroatoms. The van der Waals surface area contributed by atoms with Crippen molar-refractivity contribution in [3.63, 3.8) is 0 Å². The Morgan fingerprint density at radius 3 is 2.54 bits per heavy atom. The topological polar surface area (TPSA) is 35.6 Å². The van der Waals surface area contributed by atoms with Crippen molar-refractivity contribution in [2.75, 3.05) is 39.3 Å². The van der Waals surface area contributed by atoms with E-state index < -0.39 is 11.6 Å². The molecule has 3 atom stereocenters. The summed E-state index contributed by atoms with van der Waals surface area (Å²) in [6.45, 7) is 5.57. The second-order valence-electron chi connectivity index (χ2n) is 7.10. The minimum atomic E-state index is -0.532. The molecular weight excluding hydrogens is 312 g/mol. The second kappa shape index (κ2) is 6.41. The largest absolute Gasteiger partial charge is 0.341 e. The van der Waals surface area contributed by atoms with Crippen molar-refractivity contribution >= 4 is 5.91 Å². The molecule has 1 aromatic carbocycles. The van der Waals surface area contributed by atoms with Crippen LogP contribution in [0, 0.1) is 17.6 Å². The number of carbonyl (C=O) groups excluding carboxylic acids is 1. The fourth-order valence-electron chi connectivity index (χ4n) is 4.17. The average molecular weight is 335 g/mol. The van der Waals surface area contributed by atoms with Gasteiger partial charge in [-0.3, -0.25) is 9.69 Å². The molecule has 4 rings (SSSR count). The number of halogens is 2. The van der Waals surface area contributed by atoms with Gasteiger partial charge in [0.15, 0.2) is 0 Å². The zero-order chi connectivity index (χ0) is 16.7. The van der Waals surface area contributed by atoms with Gasteiger partial charge < -0.3 is 10.2 Å². The first kappa shape index (κ1) is 16.0. The third-order valence-electron chi connectivity index (χ3n) is 5.62. The second-order valence-corrected chi connectivity index (χ2v) is 7.10. The number of hydrogen-bond donors (Lipinski definition) is 1. The molecular formula is C18H23F2N3O. The van der Waals surface area contributed by atoms with Crippen molar-refractivity contribution in [3.05, 3.63) is 35.4 Å². The molecule has 1 N–H and O–H groups in total. The van der Waals surface area contributed by atoms with E-state index in [1.165, 1.54) is 18.2 Å². The lowest BCUT2D eigenvalue weighted by Gasteiger charge is -2.32. The molecule has 0 aromatic heterocycles. The van der Waals surface area contributed by atoms with Gasteiger partial charge in [-0.15, -0.1) is 0 Å². The van der Waals surface area contributed by atoms with Crippen LogP contribution in [-0.4, -0.2) is 61.0 Å². The number of nitrogens with one attached hydrogen (secondary N) is 1. The van der Waals surface area contributed by atoms with Crippen molar-refractivity contribution in [1.82, 2.24) is 15.1 Å². The van der Waals surface area contributed by atoms with Crippen LogP contribution in [0.5, 0.6) is 0 Å². The lowest BCUT2D eigenvalue weighted by molar-refractivity contribution is -0.131. The zero-order valence-corrected chi connectivity index (χ0v) is 13.7.